The molecule has 0 saturated heterocycles. The van der Waals surface area contributed by atoms with Crippen LogP contribution >= 0.6 is 0 Å². The van der Waals surface area contributed by atoms with Crippen molar-refractivity contribution in [2.75, 3.05) is 12.0 Å². The SMILES string of the molecule is COc1ccc2c(c1)N(Cc1cccc(O)c1)C(=O)C2=O. The number of anilines is 1. The van der Waals surface area contributed by atoms with Gasteiger partial charge in [-0.15, -0.1) is 0 Å². The zero-order valence-electron chi connectivity index (χ0n) is 11.4. The number of rotatable bonds is 3. The fourth-order valence-electron chi connectivity index (χ4n) is 2.40. The van der Waals surface area contributed by atoms with Gasteiger partial charge in [0.2, 0.25) is 0 Å². The van der Waals surface area contributed by atoms with E-state index in [-0.39, 0.29) is 12.3 Å². The van der Waals surface area contributed by atoms with Crippen LogP contribution in [0.2, 0.25) is 0 Å². The summed E-state index contributed by atoms with van der Waals surface area (Å²) in [6, 6.07) is 11.5. The molecule has 0 unspecified atom stereocenters. The van der Waals surface area contributed by atoms with Gasteiger partial charge in [-0.1, -0.05) is 12.1 Å². The largest absolute Gasteiger partial charge is 0.508 e. The quantitative estimate of drug-likeness (QED) is 0.876. The van der Waals surface area contributed by atoms with E-state index in [0.717, 1.165) is 5.56 Å². The van der Waals surface area contributed by atoms with E-state index in [0.29, 0.717) is 17.0 Å². The molecule has 5 heteroatoms. The van der Waals surface area contributed by atoms with Gasteiger partial charge in [-0.2, -0.15) is 0 Å². The standard InChI is InChI=1S/C16H13NO4/c1-21-12-5-6-13-14(8-12)17(16(20)15(13)19)9-10-3-2-4-11(18)7-10/h2-8,18H,9H2,1H3. The van der Waals surface area contributed by atoms with Gasteiger partial charge in [0.25, 0.3) is 11.7 Å². The summed E-state index contributed by atoms with van der Waals surface area (Å²) in [5, 5.41) is 9.49. The van der Waals surface area contributed by atoms with Crippen molar-refractivity contribution in [3.63, 3.8) is 0 Å². The van der Waals surface area contributed by atoms with Crippen LogP contribution < -0.4 is 9.64 Å². The summed E-state index contributed by atoms with van der Waals surface area (Å²) in [5.74, 6) is -0.386. The first kappa shape index (κ1) is 13.2. The summed E-state index contributed by atoms with van der Waals surface area (Å²) in [7, 11) is 1.53. The van der Waals surface area contributed by atoms with Gasteiger partial charge in [-0.05, 0) is 29.8 Å². The minimum atomic E-state index is -0.568. The lowest BCUT2D eigenvalue weighted by molar-refractivity contribution is -0.114. The topological polar surface area (TPSA) is 66.8 Å². The zero-order chi connectivity index (χ0) is 15.0. The van der Waals surface area contributed by atoms with Gasteiger partial charge in [-0.3, -0.25) is 9.59 Å². The fourth-order valence-corrected chi connectivity index (χ4v) is 2.40. The molecule has 1 heterocycles. The number of methoxy groups -OCH3 is 1. The predicted molar refractivity (Wildman–Crippen MR) is 76.6 cm³/mol. The first-order chi connectivity index (χ1) is 10.1. The summed E-state index contributed by atoms with van der Waals surface area (Å²) in [6.45, 7) is 0.221. The van der Waals surface area contributed by atoms with Crippen molar-refractivity contribution in [3.05, 3.63) is 53.6 Å². The Bertz CT molecular complexity index is 739. The zero-order valence-corrected chi connectivity index (χ0v) is 11.4. The van der Waals surface area contributed by atoms with E-state index < -0.39 is 11.7 Å². The minimum absolute atomic E-state index is 0.122. The van der Waals surface area contributed by atoms with Gasteiger partial charge in [0, 0.05) is 6.07 Å². The number of hydrogen-bond acceptors (Lipinski definition) is 4. The lowest BCUT2D eigenvalue weighted by Gasteiger charge is -2.17. The molecule has 5 nitrogen and oxygen atoms in total. The number of phenols is 1. The first-order valence-corrected chi connectivity index (χ1v) is 6.42. The van der Waals surface area contributed by atoms with Gasteiger partial charge in [0.1, 0.15) is 11.5 Å². The smallest absolute Gasteiger partial charge is 0.299 e. The molecule has 106 valence electrons. The molecule has 1 amide bonds. The molecule has 0 saturated carbocycles. The van der Waals surface area contributed by atoms with Crippen molar-refractivity contribution in [2.24, 2.45) is 0 Å². The number of benzene rings is 2. The van der Waals surface area contributed by atoms with Crippen molar-refractivity contribution in [3.8, 4) is 11.5 Å². The van der Waals surface area contributed by atoms with Crippen molar-refractivity contribution in [2.45, 2.75) is 6.54 Å². The summed E-state index contributed by atoms with van der Waals surface area (Å²) < 4.78 is 5.14. The molecule has 1 aliphatic rings. The van der Waals surface area contributed by atoms with Gasteiger partial charge < -0.3 is 14.7 Å². The van der Waals surface area contributed by atoms with Crippen molar-refractivity contribution >= 4 is 17.4 Å². The molecule has 0 fully saturated rings. The average molecular weight is 283 g/mol. The number of Topliss-reactive ketones (excluding diaryl/α,β-unsaturated/α-hetero) is 1. The molecule has 1 aliphatic heterocycles. The highest BCUT2D eigenvalue weighted by Gasteiger charge is 2.36. The molecule has 0 bridgehead atoms. The van der Waals surface area contributed by atoms with Gasteiger partial charge in [0.15, 0.2) is 0 Å². The Balaban J connectivity index is 2.00. The molecule has 0 radical (unpaired) electrons. The number of ether oxygens (including phenoxy) is 1. The number of ketones is 1. The maximum absolute atomic E-state index is 12.1. The van der Waals surface area contributed by atoms with Crippen LogP contribution in [0.4, 0.5) is 5.69 Å². The van der Waals surface area contributed by atoms with Crippen molar-refractivity contribution in [1.82, 2.24) is 0 Å². The second-order valence-corrected chi connectivity index (χ2v) is 4.77. The number of aromatic hydroxyl groups is 1. The molecule has 21 heavy (non-hydrogen) atoms. The van der Waals surface area contributed by atoms with Crippen molar-refractivity contribution in [1.29, 1.82) is 0 Å². The monoisotopic (exact) mass is 283 g/mol. The van der Waals surface area contributed by atoms with Crippen LogP contribution in [0.25, 0.3) is 0 Å². The Morgan fingerprint density at radius 3 is 2.67 bits per heavy atom. The number of fused-ring (bicyclic) bond motifs is 1. The minimum Gasteiger partial charge on any atom is -0.508 e. The van der Waals surface area contributed by atoms with Gasteiger partial charge in [0.05, 0.1) is 24.9 Å². The van der Waals surface area contributed by atoms with E-state index in [9.17, 15) is 14.7 Å². The third kappa shape index (κ3) is 2.23. The highest BCUT2D eigenvalue weighted by Crippen LogP contribution is 2.33. The number of phenolic OH excluding ortho intramolecular Hbond substituents is 1. The molecular formula is C16H13NO4. The number of hydrogen-bond donors (Lipinski definition) is 1. The summed E-state index contributed by atoms with van der Waals surface area (Å²) in [4.78, 5) is 25.5. The Kier molecular flexibility index (Phi) is 3.10. The maximum Gasteiger partial charge on any atom is 0.299 e. The second kappa shape index (κ2) is 4.94. The first-order valence-electron chi connectivity index (χ1n) is 6.42. The molecule has 0 spiro atoms. The summed E-state index contributed by atoms with van der Waals surface area (Å²) >= 11 is 0. The van der Waals surface area contributed by atoms with Gasteiger partial charge >= 0.3 is 0 Å². The van der Waals surface area contributed by atoms with E-state index in [1.54, 1.807) is 42.5 Å². The molecule has 0 aliphatic carbocycles. The molecule has 3 rings (SSSR count). The number of amides is 1. The van der Waals surface area contributed by atoms with E-state index >= 15 is 0 Å². The molecule has 2 aromatic rings. The highest BCUT2D eigenvalue weighted by atomic mass is 16.5. The van der Waals surface area contributed by atoms with E-state index in [1.807, 2.05) is 0 Å². The summed E-state index contributed by atoms with van der Waals surface area (Å²) in [5.41, 5.74) is 1.65. The third-order valence-electron chi connectivity index (χ3n) is 3.43. The number of carbonyl (C=O) groups is 2. The molecule has 2 aromatic carbocycles. The molecule has 0 aromatic heterocycles. The lowest BCUT2D eigenvalue weighted by atomic mass is 10.1. The Morgan fingerprint density at radius 2 is 1.95 bits per heavy atom. The van der Waals surface area contributed by atoms with E-state index in [4.69, 9.17) is 4.74 Å². The third-order valence-corrected chi connectivity index (χ3v) is 3.43. The predicted octanol–water partition coefficient (Wildman–Crippen LogP) is 2.13. The van der Waals surface area contributed by atoms with Crippen LogP contribution in [0.15, 0.2) is 42.5 Å². The van der Waals surface area contributed by atoms with Crippen molar-refractivity contribution < 1.29 is 19.4 Å². The van der Waals surface area contributed by atoms with Crippen LogP contribution in [0.1, 0.15) is 15.9 Å². The second-order valence-electron chi connectivity index (χ2n) is 4.77. The molecule has 1 N–H and O–H groups in total. The fraction of sp³-hybridized carbons (Fsp3) is 0.125. The van der Waals surface area contributed by atoms with Crippen LogP contribution in [0.3, 0.4) is 0 Å². The highest BCUT2D eigenvalue weighted by molar-refractivity contribution is 6.52. The number of nitrogens with zero attached hydrogens (tertiary/aromatic N) is 1. The Labute approximate surface area is 121 Å². The van der Waals surface area contributed by atoms with Crippen LogP contribution in [0, 0.1) is 0 Å². The molecular weight excluding hydrogens is 270 g/mol. The average Bonchev–Trinajstić information content (AvgIpc) is 2.72. The van der Waals surface area contributed by atoms with E-state index in [2.05, 4.69) is 0 Å². The Hall–Kier alpha value is -2.82. The van der Waals surface area contributed by atoms with Crippen LogP contribution in [-0.4, -0.2) is 23.9 Å². The maximum atomic E-state index is 12.1. The van der Waals surface area contributed by atoms with Crippen LogP contribution in [-0.2, 0) is 11.3 Å². The number of carbonyl (C=O) groups excluding carboxylic acids is 2. The van der Waals surface area contributed by atoms with Crippen LogP contribution in [0.5, 0.6) is 11.5 Å². The van der Waals surface area contributed by atoms with Gasteiger partial charge in [-0.25, -0.2) is 0 Å². The van der Waals surface area contributed by atoms with E-state index in [1.165, 1.54) is 12.0 Å². The Morgan fingerprint density at radius 1 is 1.14 bits per heavy atom. The lowest BCUT2D eigenvalue weighted by Crippen LogP contribution is -2.29. The normalized spacial score (nSPS) is 13.5. The summed E-state index contributed by atoms with van der Waals surface area (Å²) in [6.07, 6.45) is 0. The molecule has 0 atom stereocenters.